The number of halogens is 1. The van der Waals surface area contributed by atoms with E-state index in [9.17, 15) is 9.18 Å². The average molecular weight is 368 g/mol. The summed E-state index contributed by atoms with van der Waals surface area (Å²) in [5, 5.41) is 0. The number of fused-ring (bicyclic) bond motifs is 1. The van der Waals surface area contributed by atoms with Gasteiger partial charge in [0.25, 0.3) is 5.91 Å². The van der Waals surface area contributed by atoms with E-state index in [4.69, 9.17) is 4.74 Å². The molecule has 2 heterocycles. The Hall–Kier alpha value is -2.56. The van der Waals surface area contributed by atoms with Gasteiger partial charge in [-0.1, -0.05) is 18.2 Å². The first-order chi connectivity index (χ1) is 13.2. The van der Waals surface area contributed by atoms with E-state index >= 15 is 0 Å². The summed E-state index contributed by atoms with van der Waals surface area (Å²) in [7, 11) is 1.49. The van der Waals surface area contributed by atoms with Crippen LogP contribution in [-0.4, -0.2) is 44.1 Å². The van der Waals surface area contributed by atoms with Crippen molar-refractivity contribution in [3.05, 3.63) is 59.4 Å². The van der Waals surface area contributed by atoms with Crippen LogP contribution in [0.4, 0.5) is 10.1 Å². The molecule has 0 unspecified atom stereocenters. The highest BCUT2D eigenvalue weighted by molar-refractivity contribution is 5.94. The van der Waals surface area contributed by atoms with Crippen LogP contribution >= 0.6 is 0 Å². The van der Waals surface area contributed by atoms with Gasteiger partial charge in [-0.3, -0.25) is 4.79 Å². The molecule has 0 bridgehead atoms. The maximum Gasteiger partial charge on any atom is 0.256 e. The Bertz CT molecular complexity index is 831. The van der Waals surface area contributed by atoms with E-state index in [-0.39, 0.29) is 11.5 Å². The minimum atomic E-state index is -0.518. The van der Waals surface area contributed by atoms with Gasteiger partial charge in [0.05, 0.1) is 12.7 Å². The van der Waals surface area contributed by atoms with E-state index in [1.165, 1.54) is 30.5 Å². The van der Waals surface area contributed by atoms with Crippen LogP contribution in [0.3, 0.4) is 0 Å². The lowest BCUT2D eigenvalue weighted by Crippen LogP contribution is -2.41. The van der Waals surface area contributed by atoms with Crippen LogP contribution in [0.15, 0.2) is 42.5 Å². The largest absolute Gasteiger partial charge is 0.497 e. The van der Waals surface area contributed by atoms with Gasteiger partial charge in [0.2, 0.25) is 0 Å². The molecule has 1 saturated heterocycles. The molecule has 27 heavy (non-hydrogen) atoms. The standard InChI is InChI=1S/C22H25FN2O2/c1-27-18-6-7-19(20(23)14-18)22(26)24-11-8-16(9-12-24)15-25-13-10-17-4-2-3-5-21(17)25/h2-7,14,16H,8-13,15H2,1H3. The Morgan fingerprint density at radius 3 is 2.67 bits per heavy atom. The summed E-state index contributed by atoms with van der Waals surface area (Å²) in [5.41, 5.74) is 2.92. The number of hydrogen-bond donors (Lipinski definition) is 0. The summed E-state index contributed by atoms with van der Waals surface area (Å²) in [6.07, 6.45) is 3.04. The van der Waals surface area contributed by atoms with Crippen LogP contribution in [-0.2, 0) is 6.42 Å². The number of methoxy groups -OCH3 is 1. The highest BCUT2D eigenvalue weighted by atomic mass is 19.1. The van der Waals surface area contributed by atoms with Crippen LogP contribution in [0.2, 0.25) is 0 Å². The molecule has 1 fully saturated rings. The summed E-state index contributed by atoms with van der Waals surface area (Å²) in [6.45, 7) is 3.49. The van der Waals surface area contributed by atoms with Crippen molar-refractivity contribution in [2.24, 2.45) is 5.92 Å². The molecule has 2 aliphatic rings. The van der Waals surface area contributed by atoms with E-state index in [0.717, 1.165) is 32.4 Å². The number of likely N-dealkylation sites (tertiary alicyclic amines) is 1. The molecule has 0 spiro atoms. The normalized spacial score (nSPS) is 17.1. The lowest BCUT2D eigenvalue weighted by Gasteiger charge is -2.34. The summed E-state index contributed by atoms with van der Waals surface area (Å²) in [4.78, 5) is 16.9. The predicted molar refractivity (Wildman–Crippen MR) is 104 cm³/mol. The lowest BCUT2D eigenvalue weighted by atomic mass is 9.95. The van der Waals surface area contributed by atoms with Gasteiger partial charge >= 0.3 is 0 Å². The zero-order valence-electron chi connectivity index (χ0n) is 15.7. The first kappa shape index (κ1) is 17.8. The third kappa shape index (κ3) is 3.64. The van der Waals surface area contributed by atoms with E-state index in [1.54, 1.807) is 11.0 Å². The van der Waals surface area contributed by atoms with Crippen molar-refractivity contribution in [2.75, 3.05) is 38.2 Å². The van der Waals surface area contributed by atoms with E-state index in [0.29, 0.717) is 24.8 Å². The molecule has 1 amide bonds. The molecule has 5 heteroatoms. The van der Waals surface area contributed by atoms with Crippen molar-refractivity contribution in [2.45, 2.75) is 19.3 Å². The van der Waals surface area contributed by atoms with E-state index < -0.39 is 5.82 Å². The smallest absolute Gasteiger partial charge is 0.256 e. The molecule has 4 rings (SSSR count). The number of benzene rings is 2. The van der Waals surface area contributed by atoms with Gasteiger partial charge in [-0.25, -0.2) is 4.39 Å². The number of amides is 1. The summed E-state index contributed by atoms with van der Waals surface area (Å²) >= 11 is 0. The highest BCUT2D eigenvalue weighted by Crippen LogP contribution is 2.30. The van der Waals surface area contributed by atoms with E-state index in [2.05, 4.69) is 29.2 Å². The third-order valence-corrected chi connectivity index (χ3v) is 5.77. The average Bonchev–Trinajstić information content (AvgIpc) is 3.11. The number of carbonyl (C=O) groups excluding carboxylic acids is 1. The molecule has 0 aliphatic carbocycles. The summed E-state index contributed by atoms with van der Waals surface area (Å²) < 4.78 is 19.2. The number of anilines is 1. The molecule has 0 N–H and O–H groups in total. The molecule has 0 aromatic heterocycles. The quantitative estimate of drug-likeness (QED) is 0.824. The van der Waals surface area contributed by atoms with Crippen LogP contribution in [0, 0.1) is 11.7 Å². The number of piperidine rings is 1. The molecular weight excluding hydrogens is 343 g/mol. The minimum Gasteiger partial charge on any atom is -0.497 e. The number of carbonyl (C=O) groups is 1. The Morgan fingerprint density at radius 1 is 1.15 bits per heavy atom. The van der Waals surface area contributed by atoms with Crippen molar-refractivity contribution in [1.82, 2.24) is 4.90 Å². The van der Waals surface area contributed by atoms with Gasteiger partial charge in [-0.2, -0.15) is 0 Å². The van der Waals surface area contributed by atoms with Crippen molar-refractivity contribution in [3.8, 4) is 5.75 Å². The van der Waals surface area contributed by atoms with Gasteiger partial charge < -0.3 is 14.5 Å². The van der Waals surface area contributed by atoms with Gasteiger partial charge in [-0.15, -0.1) is 0 Å². The van der Waals surface area contributed by atoms with Crippen LogP contribution in [0.5, 0.6) is 5.75 Å². The first-order valence-electron chi connectivity index (χ1n) is 9.61. The monoisotopic (exact) mass is 368 g/mol. The summed E-state index contributed by atoms with van der Waals surface area (Å²) in [5.74, 6) is 0.254. The molecule has 0 saturated carbocycles. The lowest BCUT2D eigenvalue weighted by molar-refractivity contribution is 0.0688. The first-order valence-corrected chi connectivity index (χ1v) is 9.61. The predicted octanol–water partition coefficient (Wildman–Crippen LogP) is 3.75. The number of nitrogens with zero attached hydrogens (tertiary/aromatic N) is 2. The number of ether oxygens (including phenoxy) is 1. The molecule has 0 atom stereocenters. The fourth-order valence-electron chi connectivity index (χ4n) is 4.19. The van der Waals surface area contributed by atoms with Gasteiger partial charge in [-0.05, 0) is 48.9 Å². The SMILES string of the molecule is COc1ccc(C(=O)N2CCC(CN3CCc4ccccc43)CC2)c(F)c1. The topological polar surface area (TPSA) is 32.8 Å². The van der Waals surface area contributed by atoms with Crippen molar-refractivity contribution >= 4 is 11.6 Å². The molecule has 4 nitrogen and oxygen atoms in total. The van der Waals surface area contributed by atoms with Crippen molar-refractivity contribution < 1.29 is 13.9 Å². The van der Waals surface area contributed by atoms with Gasteiger partial charge in [0, 0.05) is 37.9 Å². The number of para-hydroxylation sites is 1. The van der Waals surface area contributed by atoms with Gasteiger partial charge in [0.1, 0.15) is 11.6 Å². The summed E-state index contributed by atoms with van der Waals surface area (Å²) in [6, 6.07) is 13.0. The highest BCUT2D eigenvalue weighted by Gasteiger charge is 2.28. The second kappa shape index (κ2) is 7.59. The molecule has 0 radical (unpaired) electrons. The zero-order valence-corrected chi connectivity index (χ0v) is 15.7. The molecular formula is C22H25FN2O2. The van der Waals surface area contributed by atoms with Gasteiger partial charge in [0.15, 0.2) is 0 Å². The second-order valence-electron chi connectivity index (χ2n) is 7.41. The molecule has 2 aromatic rings. The van der Waals surface area contributed by atoms with Crippen molar-refractivity contribution in [3.63, 3.8) is 0 Å². The maximum atomic E-state index is 14.2. The number of rotatable bonds is 4. The minimum absolute atomic E-state index is 0.128. The van der Waals surface area contributed by atoms with Crippen LogP contribution < -0.4 is 9.64 Å². The Balaban J connectivity index is 1.35. The Kier molecular flexibility index (Phi) is 5.01. The molecule has 142 valence electrons. The maximum absolute atomic E-state index is 14.2. The third-order valence-electron chi connectivity index (χ3n) is 5.77. The van der Waals surface area contributed by atoms with Crippen molar-refractivity contribution in [1.29, 1.82) is 0 Å². The Morgan fingerprint density at radius 2 is 1.93 bits per heavy atom. The van der Waals surface area contributed by atoms with Crippen LogP contribution in [0.25, 0.3) is 0 Å². The van der Waals surface area contributed by atoms with E-state index in [1.807, 2.05) is 0 Å². The fraction of sp³-hybridized carbons (Fsp3) is 0.409. The fourth-order valence-corrected chi connectivity index (χ4v) is 4.19. The zero-order chi connectivity index (χ0) is 18.8. The molecule has 2 aliphatic heterocycles. The van der Waals surface area contributed by atoms with Crippen LogP contribution in [0.1, 0.15) is 28.8 Å². The second-order valence-corrected chi connectivity index (χ2v) is 7.41. The molecule has 2 aromatic carbocycles. The number of hydrogen-bond acceptors (Lipinski definition) is 3. The Labute approximate surface area is 159 Å².